The van der Waals surface area contributed by atoms with E-state index in [9.17, 15) is 30.3 Å². The third-order valence-electron chi connectivity index (χ3n) is 3.90. The van der Waals surface area contributed by atoms with Gasteiger partial charge in [0.1, 0.15) is 30.2 Å². The van der Waals surface area contributed by atoms with E-state index in [-0.39, 0.29) is 17.9 Å². The Morgan fingerprint density at radius 2 is 1.92 bits per heavy atom. The van der Waals surface area contributed by atoms with Crippen LogP contribution in [0.4, 0.5) is 0 Å². The van der Waals surface area contributed by atoms with Gasteiger partial charge >= 0.3 is 0 Å². The first kappa shape index (κ1) is 19.6. The number of hydrogen-bond donors (Lipinski definition) is 6. The average Bonchev–Trinajstić information content (AvgIpc) is 2.62. The van der Waals surface area contributed by atoms with Crippen molar-refractivity contribution in [2.75, 3.05) is 13.2 Å². The minimum atomic E-state index is -1.59. The summed E-state index contributed by atoms with van der Waals surface area (Å²) in [5.41, 5.74) is 0.604. The van der Waals surface area contributed by atoms with Crippen LogP contribution in [0.3, 0.4) is 0 Å². The molecule has 9 heteroatoms. The molecular formula is C16H23NO8. The number of nitrogens with one attached hydrogen (secondary N) is 1. The molecule has 140 valence electrons. The molecule has 1 amide bonds. The molecule has 1 saturated heterocycles. The minimum absolute atomic E-state index is 0.0625. The first-order valence-electron chi connectivity index (χ1n) is 7.92. The van der Waals surface area contributed by atoms with Crippen molar-refractivity contribution in [3.8, 4) is 5.75 Å². The highest BCUT2D eigenvalue weighted by molar-refractivity contribution is 5.97. The molecule has 1 aliphatic rings. The Morgan fingerprint density at radius 3 is 2.52 bits per heavy atom. The molecule has 3 unspecified atom stereocenters. The van der Waals surface area contributed by atoms with Crippen LogP contribution in [-0.2, 0) is 11.3 Å². The van der Waals surface area contributed by atoms with Gasteiger partial charge in [-0.1, -0.05) is 6.07 Å². The molecule has 0 bridgehead atoms. The molecular weight excluding hydrogens is 334 g/mol. The number of rotatable bonds is 6. The highest BCUT2D eigenvalue weighted by atomic mass is 16.7. The zero-order chi connectivity index (χ0) is 18.6. The van der Waals surface area contributed by atoms with E-state index in [4.69, 9.17) is 9.47 Å². The SMILES string of the molecule is CCNC(=O)c1cc(CO)ccc1O[C@@H]1OC(CO)C(O)C(O)[C@H]1O. The Balaban J connectivity index is 2.27. The molecule has 1 fully saturated rings. The Bertz CT molecular complexity index is 593. The third-order valence-corrected chi connectivity index (χ3v) is 3.90. The van der Waals surface area contributed by atoms with E-state index in [1.165, 1.54) is 18.2 Å². The van der Waals surface area contributed by atoms with Gasteiger partial charge in [-0.3, -0.25) is 4.79 Å². The smallest absolute Gasteiger partial charge is 0.255 e. The topological polar surface area (TPSA) is 149 Å². The zero-order valence-electron chi connectivity index (χ0n) is 13.7. The van der Waals surface area contributed by atoms with Crippen LogP contribution in [0.25, 0.3) is 0 Å². The van der Waals surface area contributed by atoms with Crippen LogP contribution in [0, 0.1) is 0 Å². The van der Waals surface area contributed by atoms with Crippen LogP contribution < -0.4 is 10.1 Å². The van der Waals surface area contributed by atoms with Gasteiger partial charge in [-0.2, -0.15) is 0 Å². The molecule has 1 heterocycles. The van der Waals surface area contributed by atoms with E-state index in [2.05, 4.69) is 5.32 Å². The lowest BCUT2D eigenvalue weighted by molar-refractivity contribution is -0.277. The molecule has 1 aliphatic heterocycles. The van der Waals surface area contributed by atoms with Crippen molar-refractivity contribution in [3.05, 3.63) is 29.3 Å². The van der Waals surface area contributed by atoms with Gasteiger partial charge < -0.3 is 40.3 Å². The van der Waals surface area contributed by atoms with Crippen LogP contribution >= 0.6 is 0 Å². The highest BCUT2D eigenvalue weighted by Crippen LogP contribution is 2.27. The van der Waals surface area contributed by atoms with E-state index < -0.39 is 43.2 Å². The maximum absolute atomic E-state index is 12.2. The Labute approximate surface area is 144 Å². The van der Waals surface area contributed by atoms with Crippen molar-refractivity contribution >= 4 is 5.91 Å². The zero-order valence-corrected chi connectivity index (χ0v) is 13.7. The summed E-state index contributed by atoms with van der Waals surface area (Å²) >= 11 is 0. The van der Waals surface area contributed by atoms with Crippen LogP contribution in [0.1, 0.15) is 22.8 Å². The summed E-state index contributed by atoms with van der Waals surface area (Å²) in [5.74, 6) is -0.384. The predicted octanol–water partition coefficient (Wildman–Crippen LogP) is -1.89. The molecule has 25 heavy (non-hydrogen) atoms. The Kier molecular flexibility index (Phi) is 6.71. The summed E-state index contributed by atoms with van der Waals surface area (Å²) in [6, 6.07) is 4.39. The quantitative estimate of drug-likeness (QED) is 0.346. The number of amides is 1. The molecule has 6 N–H and O–H groups in total. The van der Waals surface area contributed by atoms with Gasteiger partial charge in [0.15, 0.2) is 0 Å². The Hall–Kier alpha value is -1.75. The lowest BCUT2D eigenvalue weighted by Gasteiger charge is -2.39. The van der Waals surface area contributed by atoms with Crippen LogP contribution in [0.5, 0.6) is 5.75 Å². The van der Waals surface area contributed by atoms with Gasteiger partial charge in [0, 0.05) is 6.54 Å². The first-order chi connectivity index (χ1) is 11.9. The van der Waals surface area contributed by atoms with Gasteiger partial charge in [0.25, 0.3) is 5.91 Å². The molecule has 1 aromatic carbocycles. The normalized spacial score (nSPS) is 29.3. The second-order valence-corrected chi connectivity index (χ2v) is 5.66. The van der Waals surface area contributed by atoms with Crippen molar-refractivity contribution in [3.63, 3.8) is 0 Å². The van der Waals surface area contributed by atoms with Gasteiger partial charge in [0.05, 0.1) is 18.8 Å². The summed E-state index contributed by atoms with van der Waals surface area (Å²) in [4.78, 5) is 12.2. The lowest BCUT2D eigenvalue weighted by atomic mass is 9.99. The van der Waals surface area contributed by atoms with E-state index in [0.29, 0.717) is 12.1 Å². The summed E-state index contributed by atoms with van der Waals surface area (Å²) < 4.78 is 10.8. The number of carbonyl (C=O) groups is 1. The Morgan fingerprint density at radius 1 is 1.20 bits per heavy atom. The number of carbonyl (C=O) groups excluding carboxylic acids is 1. The van der Waals surface area contributed by atoms with Crippen LogP contribution in [-0.4, -0.2) is 75.3 Å². The van der Waals surface area contributed by atoms with E-state index in [0.717, 1.165) is 0 Å². The predicted molar refractivity (Wildman–Crippen MR) is 84.8 cm³/mol. The molecule has 0 aliphatic carbocycles. The molecule has 0 saturated carbocycles. The minimum Gasteiger partial charge on any atom is -0.461 e. The van der Waals surface area contributed by atoms with Gasteiger partial charge in [0.2, 0.25) is 6.29 Å². The molecule has 5 atom stereocenters. The van der Waals surface area contributed by atoms with Gasteiger partial charge in [-0.05, 0) is 24.6 Å². The summed E-state index contributed by atoms with van der Waals surface area (Å²) in [6.45, 7) is 1.26. The lowest BCUT2D eigenvalue weighted by Crippen LogP contribution is -2.60. The van der Waals surface area contributed by atoms with Crippen molar-refractivity contribution in [1.29, 1.82) is 0 Å². The number of aliphatic hydroxyl groups excluding tert-OH is 5. The first-order valence-corrected chi connectivity index (χ1v) is 7.92. The summed E-state index contributed by atoms with van der Waals surface area (Å²) in [6.07, 6.45) is -7.19. The fraction of sp³-hybridized carbons (Fsp3) is 0.562. The molecule has 9 nitrogen and oxygen atoms in total. The third kappa shape index (κ3) is 4.27. The van der Waals surface area contributed by atoms with E-state index >= 15 is 0 Å². The average molecular weight is 357 g/mol. The van der Waals surface area contributed by atoms with Crippen molar-refractivity contribution in [1.82, 2.24) is 5.32 Å². The van der Waals surface area contributed by atoms with Gasteiger partial charge in [-0.15, -0.1) is 0 Å². The number of benzene rings is 1. The van der Waals surface area contributed by atoms with Crippen molar-refractivity contribution < 1.29 is 39.8 Å². The summed E-state index contributed by atoms with van der Waals surface area (Å²) in [5, 5.41) is 50.7. The second-order valence-electron chi connectivity index (χ2n) is 5.66. The molecule has 2 rings (SSSR count). The van der Waals surface area contributed by atoms with E-state index in [1.54, 1.807) is 6.92 Å². The molecule has 0 aromatic heterocycles. The monoisotopic (exact) mass is 357 g/mol. The fourth-order valence-electron chi connectivity index (χ4n) is 2.50. The summed E-state index contributed by atoms with van der Waals surface area (Å²) in [7, 11) is 0. The molecule has 0 spiro atoms. The fourth-order valence-corrected chi connectivity index (χ4v) is 2.50. The standard InChI is InChI=1S/C16H23NO8/c1-2-17-15(23)9-5-8(6-18)3-4-10(9)24-16-14(22)13(21)12(20)11(7-19)25-16/h3-5,11-14,16,18-22H,2,6-7H2,1H3,(H,17,23)/t11?,12?,13?,14-,16-/m1/s1. The van der Waals surface area contributed by atoms with Crippen molar-refractivity contribution in [2.24, 2.45) is 0 Å². The highest BCUT2D eigenvalue weighted by Gasteiger charge is 2.45. The maximum atomic E-state index is 12.2. The maximum Gasteiger partial charge on any atom is 0.255 e. The number of ether oxygens (including phenoxy) is 2. The molecule has 0 radical (unpaired) electrons. The van der Waals surface area contributed by atoms with Gasteiger partial charge in [-0.25, -0.2) is 0 Å². The number of aliphatic hydroxyl groups is 5. The van der Waals surface area contributed by atoms with Crippen LogP contribution in [0.2, 0.25) is 0 Å². The second kappa shape index (κ2) is 8.56. The van der Waals surface area contributed by atoms with Crippen LogP contribution in [0.15, 0.2) is 18.2 Å². The number of hydrogen-bond acceptors (Lipinski definition) is 8. The van der Waals surface area contributed by atoms with Crippen molar-refractivity contribution in [2.45, 2.75) is 44.2 Å². The molecule has 1 aromatic rings. The largest absolute Gasteiger partial charge is 0.461 e. The van der Waals surface area contributed by atoms with E-state index in [1.807, 2.05) is 0 Å².